The number of carbonyl (C=O) groups is 1. The third-order valence-electron chi connectivity index (χ3n) is 3.75. The van der Waals surface area contributed by atoms with Gasteiger partial charge in [0.05, 0.1) is 29.3 Å². The van der Waals surface area contributed by atoms with Gasteiger partial charge in [-0.3, -0.25) is 9.78 Å². The van der Waals surface area contributed by atoms with Crippen molar-refractivity contribution in [1.82, 2.24) is 19.9 Å². The van der Waals surface area contributed by atoms with Crippen LogP contribution in [0.2, 0.25) is 5.02 Å². The van der Waals surface area contributed by atoms with Crippen LogP contribution in [0.15, 0.2) is 47.5 Å². The molecule has 0 aliphatic carbocycles. The molecule has 0 spiro atoms. The van der Waals surface area contributed by atoms with Crippen LogP contribution in [0.3, 0.4) is 0 Å². The first kappa shape index (κ1) is 17.9. The molecule has 0 aliphatic heterocycles. The summed E-state index contributed by atoms with van der Waals surface area (Å²) in [5.74, 6) is 0.402. The zero-order chi connectivity index (χ0) is 18.5. The molecule has 3 rings (SSSR count). The van der Waals surface area contributed by atoms with Crippen molar-refractivity contribution in [2.45, 2.75) is 19.9 Å². The molecule has 0 unspecified atom stereocenters. The van der Waals surface area contributed by atoms with Gasteiger partial charge in [-0.1, -0.05) is 18.5 Å². The highest BCUT2D eigenvalue weighted by Crippen LogP contribution is 2.15. The highest BCUT2D eigenvalue weighted by atomic mass is 35.5. The average Bonchev–Trinajstić information content (AvgIpc) is 2.62. The number of fused-ring (bicyclic) bond motifs is 1. The van der Waals surface area contributed by atoms with Crippen molar-refractivity contribution in [3.8, 4) is 0 Å². The average molecular weight is 372 g/mol. The first-order valence-electron chi connectivity index (χ1n) is 8.21. The number of hydrogen-bond donors (Lipinski definition) is 2. The van der Waals surface area contributed by atoms with Crippen molar-refractivity contribution in [2.24, 2.45) is 0 Å². The summed E-state index contributed by atoms with van der Waals surface area (Å²) in [6.45, 7) is 2.67. The summed E-state index contributed by atoms with van der Waals surface area (Å²) in [5, 5.41) is 3.75. The fourth-order valence-corrected chi connectivity index (χ4v) is 2.74. The number of H-pyrrole nitrogens is 1. The quantitative estimate of drug-likeness (QED) is 0.719. The van der Waals surface area contributed by atoms with Crippen LogP contribution in [0, 0.1) is 0 Å². The maximum absolute atomic E-state index is 12.6. The van der Waals surface area contributed by atoms with Crippen LogP contribution in [0.5, 0.6) is 0 Å². The third kappa shape index (κ3) is 4.18. The molecule has 0 aliphatic rings. The van der Waals surface area contributed by atoms with Crippen LogP contribution >= 0.6 is 11.6 Å². The van der Waals surface area contributed by atoms with Gasteiger partial charge in [0.1, 0.15) is 5.82 Å². The van der Waals surface area contributed by atoms with E-state index < -0.39 is 0 Å². The lowest BCUT2D eigenvalue weighted by Crippen LogP contribution is -2.36. The maximum atomic E-state index is 12.6. The number of urea groups is 1. The Hall–Kier alpha value is -2.93. The Bertz CT molecular complexity index is 974. The first-order valence-corrected chi connectivity index (χ1v) is 8.59. The molecule has 2 heterocycles. The molecule has 2 aromatic heterocycles. The molecule has 3 aromatic rings. The molecule has 134 valence electrons. The summed E-state index contributed by atoms with van der Waals surface area (Å²) in [4.78, 5) is 37.5. The van der Waals surface area contributed by atoms with Crippen molar-refractivity contribution in [3.05, 3.63) is 63.9 Å². The first-order chi connectivity index (χ1) is 12.6. The Labute approximate surface area is 155 Å². The van der Waals surface area contributed by atoms with Gasteiger partial charge in [-0.25, -0.2) is 9.78 Å². The lowest BCUT2D eigenvalue weighted by atomic mass is 10.2. The molecule has 0 saturated heterocycles. The number of amides is 2. The molecule has 0 atom stereocenters. The van der Waals surface area contributed by atoms with Crippen LogP contribution in [0.4, 0.5) is 10.5 Å². The Morgan fingerprint density at radius 2 is 2.19 bits per heavy atom. The second kappa shape index (κ2) is 7.97. The summed E-state index contributed by atoms with van der Waals surface area (Å²) in [6, 6.07) is 8.13. The number of aromatic nitrogens is 3. The molecule has 2 amide bonds. The SMILES string of the molecule is CCCN(Cc1nc2cc(Cl)ccc2c(=O)[nH]1)C(=O)Nc1cccnc1. The topological polar surface area (TPSA) is 91.0 Å². The molecule has 0 bridgehead atoms. The molecule has 7 nitrogen and oxygen atoms in total. The van der Waals surface area contributed by atoms with Gasteiger partial charge in [0.15, 0.2) is 0 Å². The molecule has 0 radical (unpaired) electrons. The Morgan fingerprint density at radius 3 is 2.92 bits per heavy atom. The Morgan fingerprint density at radius 1 is 1.35 bits per heavy atom. The van der Waals surface area contributed by atoms with Gasteiger partial charge in [0.2, 0.25) is 0 Å². The largest absolute Gasteiger partial charge is 0.322 e. The summed E-state index contributed by atoms with van der Waals surface area (Å²) < 4.78 is 0. The minimum absolute atomic E-state index is 0.178. The van der Waals surface area contributed by atoms with Gasteiger partial charge in [0, 0.05) is 17.8 Å². The summed E-state index contributed by atoms with van der Waals surface area (Å²) in [6.07, 6.45) is 3.97. The Kier molecular flexibility index (Phi) is 5.48. The van der Waals surface area contributed by atoms with Gasteiger partial charge in [0.25, 0.3) is 5.56 Å². The van der Waals surface area contributed by atoms with E-state index in [2.05, 4.69) is 20.3 Å². The lowest BCUT2D eigenvalue weighted by Gasteiger charge is -2.22. The molecular formula is C18H18ClN5O2. The fourth-order valence-electron chi connectivity index (χ4n) is 2.58. The van der Waals surface area contributed by atoms with E-state index in [1.807, 2.05) is 6.92 Å². The second-order valence-corrected chi connectivity index (χ2v) is 6.20. The van der Waals surface area contributed by atoms with E-state index in [0.29, 0.717) is 34.0 Å². The van der Waals surface area contributed by atoms with E-state index in [0.717, 1.165) is 6.42 Å². The van der Waals surface area contributed by atoms with E-state index in [1.54, 1.807) is 47.6 Å². The number of halogens is 1. The zero-order valence-electron chi connectivity index (χ0n) is 14.2. The predicted molar refractivity (Wildman–Crippen MR) is 101 cm³/mol. The minimum atomic E-state index is -0.284. The Balaban J connectivity index is 1.84. The normalized spacial score (nSPS) is 10.7. The number of benzene rings is 1. The van der Waals surface area contributed by atoms with Gasteiger partial charge < -0.3 is 15.2 Å². The summed E-state index contributed by atoms with van der Waals surface area (Å²) in [5.41, 5.74) is 0.844. The number of nitrogens with one attached hydrogen (secondary N) is 2. The van der Waals surface area contributed by atoms with Crippen LogP contribution in [-0.2, 0) is 6.54 Å². The van der Waals surface area contributed by atoms with Crippen molar-refractivity contribution < 1.29 is 4.79 Å². The minimum Gasteiger partial charge on any atom is -0.317 e. The predicted octanol–water partition coefficient (Wildman–Crippen LogP) is 3.42. The molecule has 1 aromatic carbocycles. The summed E-state index contributed by atoms with van der Waals surface area (Å²) >= 11 is 5.99. The van der Waals surface area contributed by atoms with Gasteiger partial charge in [-0.05, 0) is 36.8 Å². The number of carbonyl (C=O) groups excluding carboxylic acids is 1. The van der Waals surface area contributed by atoms with Gasteiger partial charge in [-0.15, -0.1) is 0 Å². The maximum Gasteiger partial charge on any atom is 0.322 e. The smallest absolute Gasteiger partial charge is 0.317 e. The van der Waals surface area contributed by atoms with Crippen LogP contribution < -0.4 is 10.9 Å². The van der Waals surface area contributed by atoms with E-state index in [4.69, 9.17) is 11.6 Å². The van der Waals surface area contributed by atoms with E-state index in [-0.39, 0.29) is 18.1 Å². The molecule has 0 fully saturated rings. The van der Waals surface area contributed by atoms with E-state index >= 15 is 0 Å². The zero-order valence-corrected chi connectivity index (χ0v) is 15.0. The number of aromatic amines is 1. The van der Waals surface area contributed by atoms with Crippen molar-refractivity contribution in [3.63, 3.8) is 0 Å². The van der Waals surface area contributed by atoms with Crippen molar-refractivity contribution in [2.75, 3.05) is 11.9 Å². The van der Waals surface area contributed by atoms with Crippen molar-refractivity contribution >= 4 is 34.2 Å². The highest BCUT2D eigenvalue weighted by molar-refractivity contribution is 6.31. The number of pyridine rings is 1. The van der Waals surface area contributed by atoms with Gasteiger partial charge in [-0.2, -0.15) is 0 Å². The van der Waals surface area contributed by atoms with E-state index in [1.165, 1.54) is 0 Å². The third-order valence-corrected chi connectivity index (χ3v) is 3.99. The second-order valence-electron chi connectivity index (χ2n) is 5.77. The van der Waals surface area contributed by atoms with Crippen LogP contribution in [0.1, 0.15) is 19.2 Å². The number of rotatable bonds is 5. The molecule has 26 heavy (non-hydrogen) atoms. The van der Waals surface area contributed by atoms with Crippen LogP contribution in [-0.4, -0.2) is 32.4 Å². The molecule has 8 heteroatoms. The molecular weight excluding hydrogens is 354 g/mol. The van der Waals surface area contributed by atoms with Crippen molar-refractivity contribution in [1.29, 1.82) is 0 Å². The molecule has 0 saturated carbocycles. The standard InChI is InChI=1S/C18H18ClN5O2/c1-2-8-24(18(26)21-13-4-3-7-20-10-13)11-16-22-15-9-12(19)5-6-14(15)17(25)23-16/h3-7,9-10H,2,8,11H2,1H3,(H,21,26)(H,22,23,25). The number of anilines is 1. The monoisotopic (exact) mass is 371 g/mol. The number of hydrogen-bond acceptors (Lipinski definition) is 4. The highest BCUT2D eigenvalue weighted by Gasteiger charge is 2.15. The van der Waals surface area contributed by atoms with Crippen LogP contribution in [0.25, 0.3) is 10.9 Å². The molecule has 2 N–H and O–H groups in total. The fraction of sp³-hybridized carbons (Fsp3) is 0.222. The van der Waals surface area contributed by atoms with Gasteiger partial charge >= 0.3 is 6.03 Å². The van der Waals surface area contributed by atoms with E-state index in [9.17, 15) is 9.59 Å². The number of nitrogens with zero attached hydrogens (tertiary/aromatic N) is 3. The summed E-state index contributed by atoms with van der Waals surface area (Å²) in [7, 11) is 0. The lowest BCUT2D eigenvalue weighted by molar-refractivity contribution is 0.207.